The third kappa shape index (κ3) is 4.73. The van der Waals surface area contributed by atoms with Crippen molar-refractivity contribution in [2.75, 3.05) is 42.6 Å². The van der Waals surface area contributed by atoms with Gasteiger partial charge in [-0.3, -0.25) is 9.69 Å². The number of terminal acetylenes is 1. The maximum Gasteiger partial charge on any atom is 0.318 e. The minimum atomic E-state index is -0.898. The number of phenols is 1. The zero-order chi connectivity index (χ0) is 29.9. The number of aliphatic hydroxyl groups excluding tert-OH is 1. The minimum Gasteiger partial charge on any atom is -0.508 e. The number of anilines is 2. The Balaban J connectivity index is 1.29. The first-order valence-corrected chi connectivity index (χ1v) is 14.9. The number of carbonyl (C=O) groups is 1. The summed E-state index contributed by atoms with van der Waals surface area (Å²) in [6.07, 6.45) is 8.44. The normalized spacial score (nSPS) is 25.6. The van der Waals surface area contributed by atoms with E-state index in [4.69, 9.17) is 16.1 Å². The smallest absolute Gasteiger partial charge is 0.318 e. The van der Waals surface area contributed by atoms with Crippen LogP contribution < -0.4 is 14.5 Å². The molecule has 0 radical (unpaired) electrons. The number of alkyl halides is 1. The highest BCUT2D eigenvalue weighted by atomic mass is 19.1. The first kappa shape index (κ1) is 27.8. The van der Waals surface area contributed by atoms with Gasteiger partial charge < -0.3 is 24.7 Å². The van der Waals surface area contributed by atoms with Gasteiger partial charge in [0.1, 0.15) is 35.7 Å². The van der Waals surface area contributed by atoms with Crippen LogP contribution in [0.15, 0.2) is 24.3 Å². The number of carbonyl (C=O) groups excluding carboxylic acids is 1. The fourth-order valence-corrected chi connectivity index (χ4v) is 7.34. The zero-order valence-electron chi connectivity index (χ0n) is 23.7. The number of phenolic OH excluding ortho intramolecular Hbond substituents is 1. The van der Waals surface area contributed by atoms with Gasteiger partial charge in [0.05, 0.1) is 35.1 Å². The van der Waals surface area contributed by atoms with Crippen LogP contribution in [0.1, 0.15) is 60.1 Å². The van der Waals surface area contributed by atoms with E-state index in [2.05, 4.69) is 15.8 Å². The molecule has 0 spiro atoms. The van der Waals surface area contributed by atoms with Gasteiger partial charge in [-0.05, 0) is 56.2 Å². The Morgan fingerprint density at radius 2 is 2.02 bits per heavy atom. The lowest BCUT2D eigenvalue weighted by atomic mass is 9.95. The molecule has 4 aliphatic heterocycles. The molecule has 224 valence electrons. The number of halogens is 2. The molecule has 2 aromatic carbocycles. The molecule has 3 aromatic rings. The van der Waals surface area contributed by atoms with Crippen LogP contribution in [0.2, 0.25) is 0 Å². The Bertz CT molecular complexity index is 1660. The highest BCUT2D eigenvalue weighted by Gasteiger charge is 2.49. The van der Waals surface area contributed by atoms with Crippen molar-refractivity contribution in [3.05, 3.63) is 46.9 Å². The van der Waals surface area contributed by atoms with Gasteiger partial charge in [0.2, 0.25) is 0 Å². The molecule has 3 atom stereocenters. The van der Waals surface area contributed by atoms with Gasteiger partial charge in [-0.2, -0.15) is 9.97 Å². The number of rotatable bonds is 5. The summed E-state index contributed by atoms with van der Waals surface area (Å²) in [4.78, 5) is 29.1. The quantitative estimate of drug-likeness (QED) is 0.432. The van der Waals surface area contributed by atoms with Gasteiger partial charge in [0, 0.05) is 37.5 Å². The first-order valence-electron chi connectivity index (χ1n) is 14.9. The van der Waals surface area contributed by atoms with Crippen LogP contribution in [-0.2, 0) is 6.54 Å². The summed E-state index contributed by atoms with van der Waals surface area (Å²) in [6.45, 7) is 2.56. The Kier molecular flexibility index (Phi) is 6.86. The van der Waals surface area contributed by atoms with E-state index in [-0.39, 0.29) is 36.2 Å². The second-order valence-electron chi connectivity index (χ2n) is 12.1. The number of aliphatic hydroxyl groups is 1. The van der Waals surface area contributed by atoms with Gasteiger partial charge in [-0.1, -0.05) is 12.0 Å². The van der Waals surface area contributed by atoms with E-state index in [0.717, 1.165) is 19.4 Å². The van der Waals surface area contributed by atoms with Crippen LogP contribution in [0.3, 0.4) is 0 Å². The van der Waals surface area contributed by atoms with Crippen molar-refractivity contribution in [3.63, 3.8) is 0 Å². The summed E-state index contributed by atoms with van der Waals surface area (Å²) in [7, 11) is 0. The molecular weight excluding hydrogens is 556 g/mol. The third-order valence-corrected chi connectivity index (χ3v) is 9.41. The fourth-order valence-electron chi connectivity index (χ4n) is 7.34. The SMILES string of the molecule is C#Cc1c(F)ccc2cc(O)cc(N3Cc4nc(OC[C@@]56CCCN5C[C@H](F)C6)nc(N5CCC[C@H](O)CC5)c4C3=O)c12. The predicted molar refractivity (Wildman–Crippen MR) is 157 cm³/mol. The van der Waals surface area contributed by atoms with Crippen molar-refractivity contribution >= 4 is 28.2 Å². The maximum absolute atomic E-state index is 14.8. The highest BCUT2D eigenvalue weighted by Crippen LogP contribution is 2.42. The molecular formula is C32H33F2N5O4. The number of aromatic nitrogens is 2. The summed E-state index contributed by atoms with van der Waals surface area (Å²) in [5.41, 5.74) is 0.596. The standard InChI is InChI=1S/C32H33F2N5O4/c1-2-23-24(34)7-6-19-13-22(41)14-26(27(19)23)39-17-25-28(30(39)42)29(37-10-3-5-21(40)8-12-37)36-31(35-25)43-18-32-9-4-11-38(32)16-20(33)15-32/h1,6-7,13-14,20-21,40-41H,3-5,8-12,15-18H2/t20-,21+,32+/m1/s1. The van der Waals surface area contributed by atoms with Crippen molar-refractivity contribution in [3.8, 4) is 24.1 Å². The van der Waals surface area contributed by atoms with E-state index in [9.17, 15) is 23.8 Å². The van der Waals surface area contributed by atoms with Gasteiger partial charge in [0.15, 0.2) is 0 Å². The lowest BCUT2D eigenvalue weighted by Crippen LogP contribution is -2.43. The lowest BCUT2D eigenvalue weighted by molar-refractivity contribution is 0.0996. The summed E-state index contributed by atoms with van der Waals surface area (Å²) in [6, 6.07) is 5.73. The Morgan fingerprint density at radius 1 is 1.16 bits per heavy atom. The zero-order valence-corrected chi connectivity index (χ0v) is 23.7. The molecule has 11 heteroatoms. The molecule has 5 heterocycles. The molecule has 4 aliphatic rings. The monoisotopic (exact) mass is 589 g/mol. The van der Waals surface area contributed by atoms with Crippen molar-refractivity contribution in [2.24, 2.45) is 0 Å². The Hall–Kier alpha value is -4.01. The fraction of sp³-hybridized carbons (Fsp3) is 0.469. The molecule has 0 aliphatic carbocycles. The van der Waals surface area contributed by atoms with E-state index < -0.39 is 29.5 Å². The summed E-state index contributed by atoms with van der Waals surface area (Å²) < 4.78 is 35.4. The lowest BCUT2D eigenvalue weighted by Gasteiger charge is -2.31. The van der Waals surface area contributed by atoms with E-state index in [1.165, 1.54) is 29.2 Å². The van der Waals surface area contributed by atoms with Crippen LogP contribution in [0.4, 0.5) is 20.3 Å². The van der Waals surface area contributed by atoms with Gasteiger partial charge >= 0.3 is 6.01 Å². The number of benzene rings is 2. The second kappa shape index (κ2) is 10.6. The first-order chi connectivity index (χ1) is 20.8. The Morgan fingerprint density at radius 3 is 2.86 bits per heavy atom. The van der Waals surface area contributed by atoms with Gasteiger partial charge in [-0.25, -0.2) is 8.78 Å². The number of hydrogen-bond donors (Lipinski definition) is 2. The molecule has 3 saturated heterocycles. The molecule has 7 rings (SSSR count). The van der Waals surface area contributed by atoms with E-state index >= 15 is 0 Å². The second-order valence-corrected chi connectivity index (χ2v) is 12.1. The van der Waals surface area contributed by atoms with Crippen LogP contribution in [0.25, 0.3) is 10.8 Å². The number of fused-ring (bicyclic) bond motifs is 3. The molecule has 9 nitrogen and oxygen atoms in total. The molecule has 0 unspecified atom stereocenters. The van der Waals surface area contributed by atoms with Gasteiger partial charge in [-0.15, -0.1) is 6.42 Å². The van der Waals surface area contributed by atoms with E-state index in [0.29, 0.717) is 73.2 Å². The van der Waals surface area contributed by atoms with Crippen LogP contribution in [0.5, 0.6) is 11.8 Å². The van der Waals surface area contributed by atoms with Crippen molar-refractivity contribution < 1.29 is 28.5 Å². The topological polar surface area (TPSA) is 102 Å². The van der Waals surface area contributed by atoms with E-state index in [1.54, 1.807) is 0 Å². The van der Waals surface area contributed by atoms with Crippen LogP contribution in [0, 0.1) is 18.2 Å². The summed E-state index contributed by atoms with van der Waals surface area (Å²) in [5.74, 6) is 1.70. The molecule has 1 aromatic heterocycles. The molecule has 2 N–H and O–H groups in total. The predicted octanol–water partition coefficient (Wildman–Crippen LogP) is 3.92. The van der Waals surface area contributed by atoms with Crippen molar-refractivity contribution in [1.29, 1.82) is 0 Å². The number of amides is 1. The number of hydrogen-bond acceptors (Lipinski definition) is 8. The number of aromatic hydroxyl groups is 1. The van der Waals surface area contributed by atoms with E-state index in [1.807, 2.05) is 4.90 Å². The highest BCUT2D eigenvalue weighted by molar-refractivity contribution is 6.16. The molecule has 43 heavy (non-hydrogen) atoms. The average Bonchev–Trinajstić information content (AvgIpc) is 3.56. The van der Waals surface area contributed by atoms with Crippen LogP contribution in [-0.4, -0.2) is 81.6 Å². The third-order valence-electron chi connectivity index (χ3n) is 9.41. The molecule has 3 fully saturated rings. The largest absolute Gasteiger partial charge is 0.508 e. The van der Waals surface area contributed by atoms with Gasteiger partial charge in [0.25, 0.3) is 5.91 Å². The Labute approximate surface area is 248 Å². The van der Waals surface area contributed by atoms with Crippen molar-refractivity contribution in [1.82, 2.24) is 14.9 Å². The molecule has 0 saturated carbocycles. The maximum atomic E-state index is 14.8. The average molecular weight is 590 g/mol. The van der Waals surface area contributed by atoms with Crippen molar-refractivity contribution in [2.45, 2.75) is 62.9 Å². The number of ether oxygens (including phenoxy) is 1. The summed E-state index contributed by atoms with van der Waals surface area (Å²) in [5, 5.41) is 21.7. The summed E-state index contributed by atoms with van der Waals surface area (Å²) >= 11 is 0. The van der Waals surface area contributed by atoms with Crippen LogP contribution >= 0.6 is 0 Å². The number of nitrogens with zero attached hydrogens (tertiary/aromatic N) is 5. The minimum absolute atomic E-state index is 0.00352. The molecule has 0 bridgehead atoms. The molecule has 1 amide bonds.